The predicted octanol–water partition coefficient (Wildman–Crippen LogP) is 6.41. The van der Waals surface area contributed by atoms with Gasteiger partial charge in [0.25, 0.3) is 5.91 Å². The fourth-order valence-corrected chi connectivity index (χ4v) is 4.78. The number of hydrogen-bond acceptors (Lipinski definition) is 4. The second kappa shape index (κ2) is 12.1. The van der Waals surface area contributed by atoms with Crippen molar-refractivity contribution in [3.63, 3.8) is 0 Å². The molecule has 1 fully saturated rings. The third-order valence-electron chi connectivity index (χ3n) is 7.00. The summed E-state index contributed by atoms with van der Waals surface area (Å²) in [6, 6.07) is 11.4. The third-order valence-corrected chi connectivity index (χ3v) is 7.00. The smallest absolute Gasteiger partial charge is 0.408 e. The van der Waals surface area contributed by atoms with E-state index in [1.165, 1.54) is 0 Å². The number of amides is 3. The number of rotatable bonds is 9. The Morgan fingerprint density at radius 1 is 1.08 bits per heavy atom. The molecule has 7 nitrogen and oxygen atoms in total. The van der Waals surface area contributed by atoms with Gasteiger partial charge < -0.3 is 20.3 Å². The molecular weight excluding hydrogens is 490 g/mol. The Kier molecular flexibility index (Phi) is 9.26. The van der Waals surface area contributed by atoms with Gasteiger partial charge in [0.05, 0.1) is 0 Å². The molecule has 3 rings (SSSR count). The predicted molar refractivity (Wildman–Crippen MR) is 156 cm³/mol. The summed E-state index contributed by atoms with van der Waals surface area (Å²) in [5, 5.41) is 5.90. The molecule has 210 valence electrons. The van der Waals surface area contributed by atoms with E-state index in [9.17, 15) is 14.4 Å². The molecule has 0 aromatic heterocycles. The molecule has 2 aromatic carbocycles. The first-order valence-corrected chi connectivity index (χ1v) is 13.6. The molecule has 0 bridgehead atoms. The molecule has 1 saturated carbocycles. The topological polar surface area (TPSA) is 87.7 Å². The normalized spacial score (nSPS) is 18.1. The molecule has 4 unspecified atom stereocenters. The Bertz CT molecular complexity index is 1210. The van der Waals surface area contributed by atoms with Crippen molar-refractivity contribution in [3.05, 3.63) is 71.3 Å². The van der Waals surface area contributed by atoms with Crippen LogP contribution in [0, 0.1) is 25.7 Å². The van der Waals surface area contributed by atoms with Crippen LogP contribution >= 0.6 is 0 Å². The average molecular weight is 534 g/mol. The van der Waals surface area contributed by atoms with Crippen LogP contribution in [0.5, 0.6) is 0 Å². The quantitative estimate of drug-likeness (QED) is 0.390. The highest BCUT2D eigenvalue weighted by molar-refractivity contribution is 6.00. The number of carbonyl (C=O) groups excluding carboxylic acids is 3. The van der Waals surface area contributed by atoms with Crippen LogP contribution in [0.1, 0.15) is 76.3 Å². The summed E-state index contributed by atoms with van der Waals surface area (Å²) in [4.78, 5) is 42.9. The molecule has 0 spiro atoms. The van der Waals surface area contributed by atoms with E-state index in [-0.39, 0.29) is 29.7 Å². The molecule has 1 aliphatic carbocycles. The first-order chi connectivity index (χ1) is 18.2. The summed E-state index contributed by atoms with van der Waals surface area (Å²) < 4.78 is 5.46. The molecule has 39 heavy (non-hydrogen) atoms. The number of aryl methyl sites for hydroxylation is 2. The molecule has 0 heterocycles. The highest BCUT2D eigenvalue weighted by Gasteiger charge is 2.48. The standard InChI is InChI=1S/C32H43N3O4/c1-10-23-15-12-16-24(18-23)28(29(36)33-27-20(4)13-11-14-21(27)5)35(25-17-22(25)6)30(37)26(19(2)3)34-31(38)39-32(7,8)9/h10-16,18-19,22,25-26,28H,1,17H2,2-9H3,(H,33,36)(H,34,38). The van der Waals surface area contributed by atoms with Crippen LogP contribution in [0.3, 0.4) is 0 Å². The van der Waals surface area contributed by atoms with Gasteiger partial charge in [0.1, 0.15) is 17.7 Å². The lowest BCUT2D eigenvalue weighted by Crippen LogP contribution is -2.55. The second-order valence-corrected chi connectivity index (χ2v) is 11.9. The highest BCUT2D eigenvalue weighted by atomic mass is 16.6. The number of para-hydroxylation sites is 1. The van der Waals surface area contributed by atoms with Gasteiger partial charge in [0.2, 0.25) is 5.91 Å². The Hall–Kier alpha value is -3.61. The molecule has 0 radical (unpaired) electrons. The molecular formula is C32H43N3O4. The van der Waals surface area contributed by atoms with E-state index >= 15 is 0 Å². The van der Waals surface area contributed by atoms with Gasteiger partial charge in [0.15, 0.2) is 0 Å². The van der Waals surface area contributed by atoms with Crippen molar-refractivity contribution in [2.45, 2.75) is 85.5 Å². The van der Waals surface area contributed by atoms with Gasteiger partial charge in [-0.1, -0.05) is 69.8 Å². The molecule has 1 aliphatic rings. The zero-order valence-corrected chi connectivity index (χ0v) is 24.5. The summed E-state index contributed by atoms with van der Waals surface area (Å²) in [6.45, 7) is 18.9. The number of anilines is 1. The van der Waals surface area contributed by atoms with E-state index in [1.54, 1.807) is 31.7 Å². The van der Waals surface area contributed by atoms with E-state index in [1.807, 2.05) is 70.2 Å². The lowest BCUT2D eigenvalue weighted by molar-refractivity contribution is -0.142. The number of nitrogens with zero attached hydrogens (tertiary/aromatic N) is 1. The van der Waals surface area contributed by atoms with Crippen LogP contribution in [-0.2, 0) is 14.3 Å². The fraction of sp³-hybridized carbons (Fsp3) is 0.469. The largest absolute Gasteiger partial charge is 0.444 e. The average Bonchev–Trinajstić information content (AvgIpc) is 3.57. The van der Waals surface area contributed by atoms with Crippen molar-refractivity contribution >= 4 is 29.7 Å². The summed E-state index contributed by atoms with van der Waals surface area (Å²) >= 11 is 0. The van der Waals surface area contributed by atoms with E-state index in [0.717, 1.165) is 28.8 Å². The fourth-order valence-electron chi connectivity index (χ4n) is 4.78. The second-order valence-electron chi connectivity index (χ2n) is 11.9. The zero-order chi connectivity index (χ0) is 29.1. The van der Waals surface area contributed by atoms with Crippen LogP contribution < -0.4 is 10.6 Å². The molecule has 4 atom stereocenters. The van der Waals surface area contributed by atoms with Crippen molar-refractivity contribution in [2.24, 2.45) is 11.8 Å². The Labute approximate surface area is 233 Å². The molecule has 0 aliphatic heterocycles. The maximum atomic E-state index is 14.3. The monoisotopic (exact) mass is 533 g/mol. The molecule has 7 heteroatoms. The number of carbonyl (C=O) groups is 3. The summed E-state index contributed by atoms with van der Waals surface area (Å²) in [6.07, 6.45) is 1.83. The lowest BCUT2D eigenvalue weighted by Gasteiger charge is -2.36. The Morgan fingerprint density at radius 2 is 1.67 bits per heavy atom. The minimum absolute atomic E-state index is 0.139. The van der Waals surface area contributed by atoms with Crippen LogP contribution in [0.15, 0.2) is 49.0 Å². The van der Waals surface area contributed by atoms with Crippen LogP contribution in [0.4, 0.5) is 10.5 Å². The van der Waals surface area contributed by atoms with Crippen molar-refractivity contribution < 1.29 is 19.1 Å². The molecule has 2 aromatic rings. The van der Waals surface area contributed by atoms with E-state index in [2.05, 4.69) is 24.1 Å². The summed E-state index contributed by atoms with van der Waals surface area (Å²) in [5.74, 6) is -0.624. The van der Waals surface area contributed by atoms with Gasteiger partial charge >= 0.3 is 6.09 Å². The Morgan fingerprint density at radius 3 is 2.18 bits per heavy atom. The first kappa shape index (κ1) is 29.9. The number of nitrogens with one attached hydrogen (secondary N) is 2. The summed E-state index contributed by atoms with van der Waals surface area (Å²) in [7, 11) is 0. The maximum absolute atomic E-state index is 14.3. The molecule has 0 saturated heterocycles. The van der Waals surface area contributed by atoms with E-state index < -0.39 is 23.8 Å². The first-order valence-electron chi connectivity index (χ1n) is 13.6. The van der Waals surface area contributed by atoms with Crippen LogP contribution in [-0.4, -0.2) is 40.5 Å². The zero-order valence-electron chi connectivity index (χ0n) is 24.5. The van der Waals surface area contributed by atoms with Gasteiger partial charge in [0, 0.05) is 11.7 Å². The van der Waals surface area contributed by atoms with Crippen LogP contribution in [0.2, 0.25) is 0 Å². The van der Waals surface area contributed by atoms with Crippen LogP contribution in [0.25, 0.3) is 6.08 Å². The maximum Gasteiger partial charge on any atom is 0.408 e. The van der Waals surface area contributed by atoms with E-state index in [0.29, 0.717) is 5.56 Å². The van der Waals surface area contributed by atoms with Crippen molar-refractivity contribution in [3.8, 4) is 0 Å². The minimum Gasteiger partial charge on any atom is -0.444 e. The van der Waals surface area contributed by atoms with Crippen molar-refractivity contribution in [1.29, 1.82) is 0 Å². The van der Waals surface area contributed by atoms with Gasteiger partial charge in [-0.05, 0) is 81.2 Å². The highest BCUT2D eigenvalue weighted by Crippen LogP contribution is 2.41. The number of hydrogen-bond donors (Lipinski definition) is 2. The number of alkyl carbamates (subject to hydrolysis) is 1. The summed E-state index contributed by atoms with van der Waals surface area (Å²) in [5.41, 5.74) is 3.43. The molecule has 2 N–H and O–H groups in total. The van der Waals surface area contributed by atoms with E-state index in [4.69, 9.17) is 4.74 Å². The number of benzene rings is 2. The van der Waals surface area contributed by atoms with Crippen molar-refractivity contribution in [2.75, 3.05) is 5.32 Å². The SMILES string of the molecule is C=Cc1cccc(C(C(=O)Nc2c(C)cccc2C)N(C(=O)C(NC(=O)OC(C)(C)C)C(C)C)C2CC2C)c1. The van der Waals surface area contributed by atoms with Gasteiger partial charge in [-0.15, -0.1) is 0 Å². The number of ether oxygens (including phenoxy) is 1. The van der Waals surface area contributed by atoms with Crippen molar-refractivity contribution in [1.82, 2.24) is 10.2 Å². The van der Waals surface area contributed by atoms with Gasteiger partial charge in [-0.2, -0.15) is 0 Å². The van der Waals surface area contributed by atoms with Gasteiger partial charge in [-0.25, -0.2) is 4.79 Å². The third kappa shape index (κ3) is 7.49. The van der Waals surface area contributed by atoms with Gasteiger partial charge in [-0.3, -0.25) is 9.59 Å². The lowest BCUT2D eigenvalue weighted by atomic mass is 9.97. The minimum atomic E-state index is -0.909. The Balaban J connectivity index is 2.08. The molecule has 3 amide bonds.